The first-order valence-corrected chi connectivity index (χ1v) is 5.97. The van der Waals surface area contributed by atoms with Gasteiger partial charge in [0.25, 0.3) is 0 Å². The highest BCUT2D eigenvalue weighted by Gasteiger charge is 2.29. The smallest absolute Gasteiger partial charge is 0.203 e. The van der Waals surface area contributed by atoms with E-state index in [4.69, 9.17) is 16.0 Å². The molecule has 0 fully saturated rings. The molecular formula is C14H11ClO2. The molecule has 0 atom stereocenters. The van der Waals surface area contributed by atoms with E-state index in [9.17, 15) is 4.79 Å². The normalized spacial score (nSPS) is 14.9. The van der Waals surface area contributed by atoms with Crippen molar-refractivity contribution in [2.24, 2.45) is 5.92 Å². The van der Waals surface area contributed by atoms with Gasteiger partial charge in [-0.15, -0.1) is 0 Å². The minimum absolute atomic E-state index is 0.00231. The quantitative estimate of drug-likeness (QED) is 0.759. The summed E-state index contributed by atoms with van der Waals surface area (Å²) in [5.74, 6) is 0.0856. The van der Waals surface area contributed by atoms with Crippen molar-refractivity contribution in [3.05, 3.63) is 58.5 Å². The lowest BCUT2D eigenvalue weighted by Crippen LogP contribution is -2.14. The Morgan fingerprint density at radius 2 is 1.82 bits per heavy atom. The number of Topliss-reactive ketones (excluding diaryl/α,β-unsaturated/α-hetero) is 1. The van der Waals surface area contributed by atoms with Crippen LogP contribution in [0.1, 0.15) is 21.5 Å². The Morgan fingerprint density at radius 3 is 2.35 bits per heavy atom. The van der Waals surface area contributed by atoms with Crippen LogP contribution in [-0.2, 0) is 12.8 Å². The van der Waals surface area contributed by atoms with Gasteiger partial charge >= 0.3 is 0 Å². The van der Waals surface area contributed by atoms with Crippen molar-refractivity contribution in [1.29, 1.82) is 0 Å². The SMILES string of the molecule is O=C(c1ccoc1Cl)C1Cc2ccccc2C1. The zero-order valence-electron chi connectivity index (χ0n) is 9.15. The van der Waals surface area contributed by atoms with Gasteiger partial charge in [-0.2, -0.15) is 0 Å². The predicted molar refractivity (Wildman–Crippen MR) is 65.4 cm³/mol. The molecule has 0 radical (unpaired) electrons. The molecule has 0 saturated heterocycles. The highest BCUT2D eigenvalue weighted by atomic mass is 35.5. The number of ketones is 1. The molecule has 2 aromatic rings. The van der Waals surface area contributed by atoms with Crippen molar-refractivity contribution in [2.45, 2.75) is 12.8 Å². The van der Waals surface area contributed by atoms with Gasteiger partial charge in [-0.1, -0.05) is 24.3 Å². The number of hydrogen-bond acceptors (Lipinski definition) is 2. The monoisotopic (exact) mass is 246 g/mol. The molecule has 0 amide bonds. The lowest BCUT2D eigenvalue weighted by Gasteiger charge is -2.05. The number of fused-ring (bicyclic) bond motifs is 1. The van der Waals surface area contributed by atoms with Crippen molar-refractivity contribution in [3.63, 3.8) is 0 Å². The molecule has 0 aliphatic heterocycles. The van der Waals surface area contributed by atoms with E-state index in [1.165, 1.54) is 17.4 Å². The van der Waals surface area contributed by atoms with Crippen molar-refractivity contribution in [1.82, 2.24) is 0 Å². The molecular weight excluding hydrogens is 236 g/mol. The second-order valence-corrected chi connectivity index (χ2v) is 4.69. The van der Waals surface area contributed by atoms with Gasteiger partial charge in [-0.25, -0.2) is 0 Å². The zero-order valence-corrected chi connectivity index (χ0v) is 9.91. The average molecular weight is 247 g/mol. The first-order chi connectivity index (χ1) is 8.25. The fraction of sp³-hybridized carbons (Fsp3) is 0.214. The minimum Gasteiger partial charge on any atom is -0.452 e. The summed E-state index contributed by atoms with van der Waals surface area (Å²) < 4.78 is 4.97. The number of hydrogen-bond donors (Lipinski definition) is 0. The van der Waals surface area contributed by atoms with Gasteiger partial charge in [0.05, 0.1) is 11.8 Å². The molecule has 1 heterocycles. The van der Waals surface area contributed by atoms with Crippen LogP contribution in [-0.4, -0.2) is 5.78 Å². The van der Waals surface area contributed by atoms with Crippen LogP contribution in [0.2, 0.25) is 5.22 Å². The molecule has 3 rings (SSSR count). The van der Waals surface area contributed by atoms with Gasteiger partial charge in [0.1, 0.15) is 0 Å². The third-order valence-electron chi connectivity index (χ3n) is 3.31. The van der Waals surface area contributed by atoms with E-state index in [2.05, 4.69) is 12.1 Å². The van der Waals surface area contributed by atoms with Crippen LogP contribution < -0.4 is 0 Å². The van der Waals surface area contributed by atoms with Crippen LogP contribution in [0.4, 0.5) is 0 Å². The third-order valence-corrected chi connectivity index (χ3v) is 3.60. The Bertz CT molecular complexity index is 546. The van der Waals surface area contributed by atoms with Crippen molar-refractivity contribution < 1.29 is 9.21 Å². The molecule has 1 aromatic heterocycles. The second-order valence-electron chi connectivity index (χ2n) is 4.35. The van der Waals surface area contributed by atoms with Crippen LogP contribution in [0.25, 0.3) is 0 Å². The van der Waals surface area contributed by atoms with Gasteiger partial charge in [0.2, 0.25) is 5.22 Å². The molecule has 1 aliphatic rings. The first kappa shape index (κ1) is 10.6. The summed E-state index contributed by atoms with van der Waals surface area (Å²) in [7, 11) is 0. The Balaban J connectivity index is 1.86. The molecule has 1 aromatic carbocycles. The standard InChI is InChI=1S/C14H11ClO2/c15-14-12(5-6-17-14)13(16)11-7-9-3-1-2-4-10(9)8-11/h1-6,11H,7-8H2. The molecule has 0 unspecified atom stereocenters. The van der Waals surface area contributed by atoms with Gasteiger partial charge in [-0.05, 0) is 41.6 Å². The molecule has 0 bridgehead atoms. The number of furan rings is 1. The van der Waals surface area contributed by atoms with Crippen molar-refractivity contribution in [3.8, 4) is 0 Å². The fourth-order valence-electron chi connectivity index (χ4n) is 2.43. The molecule has 17 heavy (non-hydrogen) atoms. The Hall–Kier alpha value is -1.54. The number of carbonyl (C=O) groups is 1. The Morgan fingerprint density at radius 1 is 1.18 bits per heavy atom. The van der Waals surface area contributed by atoms with E-state index >= 15 is 0 Å². The Labute approximate surface area is 104 Å². The second kappa shape index (κ2) is 4.04. The zero-order chi connectivity index (χ0) is 11.8. The number of carbonyl (C=O) groups excluding carboxylic acids is 1. The summed E-state index contributed by atoms with van der Waals surface area (Å²) >= 11 is 5.84. The van der Waals surface area contributed by atoms with Crippen LogP contribution in [0.5, 0.6) is 0 Å². The molecule has 0 spiro atoms. The lowest BCUT2D eigenvalue weighted by atomic mass is 9.97. The van der Waals surface area contributed by atoms with E-state index in [0.717, 1.165) is 12.8 Å². The van der Waals surface area contributed by atoms with Crippen LogP contribution in [0.3, 0.4) is 0 Å². The average Bonchev–Trinajstić information content (AvgIpc) is 2.93. The molecule has 3 heteroatoms. The highest BCUT2D eigenvalue weighted by molar-refractivity contribution is 6.32. The van der Waals surface area contributed by atoms with Crippen LogP contribution >= 0.6 is 11.6 Å². The highest BCUT2D eigenvalue weighted by Crippen LogP contribution is 2.30. The summed E-state index contributed by atoms with van der Waals surface area (Å²) in [5, 5.41) is 0.200. The van der Waals surface area contributed by atoms with Gasteiger partial charge in [0.15, 0.2) is 5.78 Å². The van der Waals surface area contributed by atoms with E-state index < -0.39 is 0 Å². The van der Waals surface area contributed by atoms with Gasteiger partial charge in [0, 0.05) is 5.92 Å². The molecule has 0 N–H and O–H groups in total. The minimum atomic E-state index is 0.00231. The van der Waals surface area contributed by atoms with Crippen molar-refractivity contribution >= 4 is 17.4 Å². The summed E-state index contributed by atoms with van der Waals surface area (Å²) in [6.07, 6.45) is 3.06. The Kier molecular flexibility index (Phi) is 2.52. The molecule has 2 nitrogen and oxygen atoms in total. The number of rotatable bonds is 2. The van der Waals surface area contributed by atoms with Gasteiger partial charge < -0.3 is 4.42 Å². The maximum Gasteiger partial charge on any atom is 0.203 e. The number of halogens is 1. The summed E-state index contributed by atoms with van der Waals surface area (Å²) in [6.45, 7) is 0. The van der Waals surface area contributed by atoms with E-state index in [1.54, 1.807) is 6.07 Å². The molecule has 86 valence electrons. The summed E-state index contributed by atoms with van der Waals surface area (Å²) in [6, 6.07) is 9.83. The largest absolute Gasteiger partial charge is 0.452 e. The summed E-state index contributed by atoms with van der Waals surface area (Å²) in [4.78, 5) is 12.3. The van der Waals surface area contributed by atoms with Gasteiger partial charge in [-0.3, -0.25) is 4.79 Å². The number of benzene rings is 1. The first-order valence-electron chi connectivity index (χ1n) is 5.59. The molecule has 0 saturated carbocycles. The maximum atomic E-state index is 12.3. The van der Waals surface area contributed by atoms with E-state index in [-0.39, 0.29) is 16.9 Å². The summed E-state index contributed by atoms with van der Waals surface area (Å²) in [5.41, 5.74) is 3.04. The fourth-order valence-corrected chi connectivity index (χ4v) is 2.64. The molecule has 1 aliphatic carbocycles. The third kappa shape index (κ3) is 1.79. The topological polar surface area (TPSA) is 30.2 Å². The van der Waals surface area contributed by atoms with E-state index in [1.807, 2.05) is 12.1 Å². The van der Waals surface area contributed by atoms with Crippen molar-refractivity contribution in [2.75, 3.05) is 0 Å². The predicted octanol–water partition coefficient (Wildman–Crippen LogP) is 3.53. The maximum absolute atomic E-state index is 12.3. The van der Waals surface area contributed by atoms with E-state index in [0.29, 0.717) is 5.56 Å². The lowest BCUT2D eigenvalue weighted by molar-refractivity contribution is 0.0924. The van der Waals surface area contributed by atoms with Crippen LogP contribution in [0.15, 0.2) is 41.0 Å². The van der Waals surface area contributed by atoms with Crippen LogP contribution in [0, 0.1) is 5.92 Å².